The molecule has 0 radical (unpaired) electrons. The van der Waals surface area contributed by atoms with Crippen molar-refractivity contribution in [1.29, 1.82) is 0 Å². The fourth-order valence-electron chi connectivity index (χ4n) is 3.13. The van der Waals surface area contributed by atoms with Crippen LogP contribution < -0.4 is 10.6 Å². The van der Waals surface area contributed by atoms with Gasteiger partial charge in [-0.05, 0) is 47.5 Å². The van der Waals surface area contributed by atoms with Gasteiger partial charge in [0.15, 0.2) is 0 Å². The second-order valence-corrected chi connectivity index (χ2v) is 6.71. The molecular formula is C22H16F4N4O. The standard InChI is InChI=1S/C22H16F4N4O/c23-16-6-4-13(5-7-16)14-8-9-30-18(12-27-19(30)11-14)15-2-1-3-17(10-15)28-22(31)29-21(26)20(24)25/h1-12,20-21H,(H2,28,29,31). The lowest BCUT2D eigenvalue weighted by Crippen LogP contribution is -2.39. The maximum atomic E-state index is 13.2. The number of benzene rings is 2. The molecule has 4 aromatic rings. The predicted octanol–water partition coefficient (Wildman–Crippen LogP) is 5.49. The number of aromatic nitrogens is 2. The first-order valence-corrected chi connectivity index (χ1v) is 9.24. The second kappa shape index (κ2) is 8.47. The number of hydrogen-bond donors (Lipinski definition) is 2. The Bertz CT molecular complexity index is 1220. The van der Waals surface area contributed by atoms with Gasteiger partial charge in [0.2, 0.25) is 6.30 Å². The Hall–Kier alpha value is -3.88. The molecule has 158 valence electrons. The zero-order valence-corrected chi connectivity index (χ0v) is 15.9. The third-order valence-corrected chi connectivity index (χ3v) is 4.60. The number of imidazole rings is 1. The number of anilines is 1. The summed E-state index contributed by atoms with van der Waals surface area (Å²) < 4.78 is 52.4. The summed E-state index contributed by atoms with van der Waals surface area (Å²) in [6.07, 6.45) is -2.59. The van der Waals surface area contributed by atoms with Crippen molar-refractivity contribution in [3.05, 3.63) is 78.9 Å². The molecule has 2 aromatic heterocycles. The van der Waals surface area contributed by atoms with Crippen LogP contribution in [0.2, 0.25) is 0 Å². The molecule has 9 heteroatoms. The van der Waals surface area contributed by atoms with Gasteiger partial charge in [0.25, 0.3) is 6.43 Å². The monoisotopic (exact) mass is 428 g/mol. The number of alkyl halides is 3. The Morgan fingerprint density at radius 3 is 2.45 bits per heavy atom. The summed E-state index contributed by atoms with van der Waals surface area (Å²) >= 11 is 0. The van der Waals surface area contributed by atoms with E-state index >= 15 is 0 Å². The van der Waals surface area contributed by atoms with Gasteiger partial charge < -0.3 is 10.6 Å². The molecule has 2 N–H and O–H groups in total. The van der Waals surface area contributed by atoms with Crippen molar-refractivity contribution in [2.75, 3.05) is 5.32 Å². The number of urea groups is 1. The van der Waals surface area contributed by atoms with Crippen LogP contribution >= 0.6 is 0 Å². The Morgan fingerprint density at radius 2 is 1.71 bits per heavy atom. The molecule has 1 atom stereocenters. The number of carbonyl (C=O) groups excluding carboxylic acids is 1. The summed E-state index contributed by atoms with van der Waals surface area (Å²) in [5, 5.41) is 3.86. The van der Waals surface area contributed by atoms with Gasteiger partial charge in [-0.15, -0.1) is 0 Å². The van der Waals surface area contributed by atoms with E-state index in [-0.39, 0.29) is 5.82 Å². The number of hydrogen-bond acceptors (Lipinski definition) is 2. The zero-order chi connectivity index (χ0) is 22.0. The van der Waals surface area contributed by atoms with Gasteiger partial charge in [-0.25, -0.2) is 27.3 Å². The van der Waals surface area contributed by atoms with E-state index in [1.807, 2.05) is 22.7 Å². The topological polar surface area (TPSA) is 58.4 Å². The fourth-order valence-corrected chi connectivity index (χ4v) is 3.13. The first kappa shape index (κ1) is 20.4. The van der Waals surface area contributed by atoms with Gasteiger partial charge in [-0.3, -0.25) is 4.40 Å². The van der Waals surface area contributed by atoms with Gasteiger partial charge >= 0.3 is 6.03 Å². The summed E-state index contributed by atoms with van der Waals surface area (Å²) in [5.74, 6) is -0.314. The molecule has 5 nitrogen and oxygen atoms in total. The maximum absolute atomic E-state index is 13.2. The van der Waals surface area contributed by atoms with Crippen molar-refractivity contribution in [1.82, 2.24) is 14.7 Å². The van der Waals surface area contributed by atoms with Gasteiger partial charge in [0.1, 0.15) is 11.5 Å². The highest BCUT2D eigenvalue weighted by atomic mass is 19.3. The first-order valence-electron chi connectivity index (χ1n) is 9.24. The molecule has 4 rings (SSSR count). The molecule has 2 amide bonds. The van der Waals surface area contributed by atoms with E-state index in [1.165, 1.54) is 17.4 Å². The lowest BCUT2D eigenvalue weighted by Gasteiger charge is -2.11. The van der Waals surface area contributed by atoms with Crippen molar-refractivity contribution >= 4 is 17.4 Å². The van der Waals surface area contributed by atoms with Crippen LogP contribution in [-0.4, -0.2) is 28.1 Å². The van der Waals surface area contributed by atoms with Crippen molar-refractivity contribution < 1.29 is 22.4 Å². The average molecular weight is 428 g/mol. The molecule has 0 aliphatic carbocycles. The van der Waals surface area contributed by atoms with Crippen LogP contribution in [0.3, 0.4) is 0 Å². The van der Waals surface area contributed by atoms with Gasteiger partial charge in [0.05, 0.1) is 11.9 Å². The molecular weight excluding hydrogens is 412 g/mol. The number of halogens is 4. The van der Waals surface area contributed by atoms with Gasteiger partial charge in [-0.1, -0.05) is 24.3 Å². The van der Waals surface area contributed by atoms with E-state index in [9.17, 15) is 22.4 Å². The summed E-state index contributed by atoms with van der Waals surface area (Å²) in [4.78, 5) is 16.1. The average Bonchev–Trinajstić information content (AvgIpc) is 3.17. The van der Waals surface area contributed by atoms with Crippen LogP contribution in [0.5, 0.6) is 0 Å². The molecule has 0 bridgehead atoms. The Labute approximate surface area is 174 Å². The fraction of sp³-hybridized carbons (Fsp3) is 0.0909. The highest BCUT2D eigenvalue weighted by Crippen LogP contribution is 2.27. The van der Waals surface area contributed by atoms with Crippen LogP contribution in [0.25, 0.3) is 28.0 Å². The van der Waals surface area contributed by atoms with E-state index in [1.54, 1.807) is 42.6 Å². The number of carbonyl (C=O) groups is 1. The zero-order valence-electron chi connectivity index (χ0n) is 15.9. The number of fused-ring (bicyclic) bond motifs is 1. The summed E-state index contributed by atoms with van der Waals surface area (Å²) in [5.41, 5.74) is 4.10. The van der Waals surface area contributed by atoms with E-state index in [0.717, 1.165) is 16.8 Å². The Balaban J connectivity index is 1.58. The van der Waals surface area contributed by atoms with Crippen molar-refractivity contribution in [2.45, 2.75) is 12.7 Å². The van der Waals surface area contributed by atoms with Gasteiger partial charge in [0, 0.05) is 17.4 Å². The molecule has 0 aliphatic heterocycles. The predicted molar refractivity (Wildman–Crippen MR) is 109 cm³/mol. The lowest BCUT2D eigenvalue weighted by molar-refractivity contribution is 0.0380. The molecule has 2 aromatic carbocycles. The summed E-state index contributed by atoms with van der Waals surface area (Å²) in [6.45, 7) is 0. The van der Waals surface area contributed by atoms with Crippen molar-refractivity contribution in [3.8, 4) is 22.4 Å². The minimum Gasteiger partial charge on any atom is -0.308 e. The number of nitrogens with zero attached hydrogens (tertiary/aromatic N) is 2. The molecule has 1 unspecified atom stereocenters. The summed E-state index contributed by atoms with van der Waals surface area (Å²) in [6, 6.07) is 15.4. The quantitative estimate of drug-likeness (QED) is 0.326. The largest absolute Gasteiger partial charge is 0.321 e. The highest BCUT2D eigenvalue weighted by molar-refractivity contribution is 5.90. The molecule has 0 spiro atoms. The second-order valence-electron chi connectivity index (χ2n) is 6.71. The summed E-state index contributed by atoms with van der Waals surface area (Å²) in [7, 11) is 0. The smallest absolute Gasteiger partial charge is 0.308 e. The number of nitrogens with one attached hydrogen (secondary N) is 2. The van der Waals surface area contributed by atoms with E-state index in [2.05, 4.69) is 10.3 Å². The molecule has 0 saturated heterocycles. The van der Waals surface area contributed by atoms with E-state index in [4.69, 9.17) is 0 Å². The lowest BCUT2D eigenvalue weighted by atomic mass is 10.1. The van der Waals surface area contributed by atoms with Gasteiger partial charge in [-0.2, -0.15) is 0 Å². The molecule has 0 fully saturated rings. The highest BCUT2D eigenvalue weighted by Gasteiger charge is 2.21. The molecule has 31 heavy (non-hydrogen) atoms. The normalized spacial score (nSPS) is 12.2. The number of pyridine rings is 1. The van der Waals surface area contributed by atoms with Crippen LogP contribution in [-0.2, 0) is 0 Å². The van der Waals surface area contributed by atoms with Crippen LogP contribution in [0, 0.1) is 5.82 Å². The third-order valence-electron chi connectivity index (χ3n) is 4.60. The minimum absolute atomic E-state index is 0.300. The van der Waals surface area contributed by atoms with Crippen LogP contribution in [0.15, 0.2) is 73.1 Å². The van der Waals surface area contributed by atoms with Crippen molar-refractivity contribution in [3.63, 3.8) is 0 Å². The first-order chi connectivity index (χ1) is 14.9. The SMILES string of the molecule is O=C(Nc1cccc(-c2cnc3cc(-c4ccc(F)cc4)ccn23)c1)NC(F)C(F)F. The van der Waals surface area contributed by atoms with E-state index in [0.29, 0.717) is 16.9 Å². The van der Waals surface area contributed by atoms with Crippen molar-refractivity contribution in [2.24, 2.45) is 0 Å². The molecule has 2 heterocycles. The Morgan fingerprint density at radius 1 is 0.935 bits per heavy atom. The maximum Gasteiger partial charge on any atom is 0.321 e. The Kier molecular flexibility index (Phi) is 5.57. The number of rotatable bonds is 5. The molecule has 0 saturated carbocycles. The third kappa shape index (κ3) is 4.50. The van der Waals surface area contributed by atoms with Crippen LogP contribution in [0.4, 0.5) is 28.0 Å². The van der Waals surface area contributed by atoms with E-state index < -0.39 is 18.8 Å². The minimum atomic E-state index is -3.31. The van der Waals surface area contributed by atoms with Crippen LogP contribution in [0.1, 0.15) is 0 Å². The molecule has 0 aliphatic rings. The number of amides is 2.